The second-order valence-electron chi connectivity index (χ2n) is 1.92. The van der Waals surface area contributed by atoms with Crippen LogP contribution in [0.1, 0.15) is 0 Å². The lowest BCUT2D eigenvalue weighted by atomic mass is 10.3. The van der Waals surface area contributed by atoms with E-state index in [9.17, 15) is 0 Å². The van der Waals surface area contributed by atoms with Crippen LogP contribution in [-0.4, -0.2) is 6.54 Å². The minimum absolute atomic E-state index is 0.575. The van der Waals surface area contributed by atoms with Gasteiger partial charge >= 0.3 is 0 Å². The van der Waals surface area contributed by atoms with Gasteiger partial charge in [-0.1, -0.05) is 18.2 Å². The Labute approximate surface area is 66.3 Å². The third kappa shape index (κ3) is 1.64. The molecule has 10 heavy (non-hydrogen) atoms. The van der Waals surface area contributed by atoms with Gasteiger partial charge in [0.1, 0.15) is 0 Å². The lowest BCUT2D eigenvalue weighted by Crippen LogP contribution is -2.07. The smallest absolute Gasteiger partial charge is 0.0523 e. The van der Waals surface area contributed by atoms with Crippen LogP contribution in [0, 0.1) is 6.92 Å². The highest BCUT2D eigenvalue weighted by atomic mass is 35.5. The monoisotopic (exact) mass is 154 g/mol. The molecule has 0 N–H and O–H groups in total. The van der Waals surface area contributed by atoms with E-state index >= 15 is 0 Å². The standard InChI is InChI=1S/C8H9ClN/c1-2-10(9)8-6-4-3-5-7-8/h3-7H,1-2H2. The highest BCUT2D eigenvalue weighted by molar-refractivity contribution is 6.25. The fourth-order valence-corrected chi connectivity index (χ4v) is 0.832. The molecule has 1 nitrogen and oxygen atoms in total. The first kappa shape index (κ1) is 7.42. The number of hydrogen-bond donors (Lipinski definition) is 0. The van der Waals surface area contributed by atoms with Crippen LogP contribution in [0.2, 0.25) is 0 Å². The van der Waals surface area contributed by atoms with Crippen LogP contribution in [0.5, 0.6) is 0 Å². The van der Waals surface area contributed by atoms with Crippen molar-refractivity contribution in [3.05, 3.63) is 37.3 Å². The van der Waals surface area contributed by atoms with E-state index in [2.05, 4.69) is 6.92 Å². The minimum Gasteiger partial charge on any atom is -0.285 e. The van der Waals surface area contributed by atoms with Gasteiger partial charge in [0.25, 0.3) is 0 Å². The summed E-state index contributed by atoms with van der Waals surface area (Å²) in [4.78, 5) is 0. The van der Waals surface area contributed by atoms with Crippen molar-refractivity contribution in [2.75, 3.05) is 11.0 Å². The molecule has 0 heterocycles. The molecule has 0 aliphatic rings. The number of para-hydroxylation sites is 1. The van der Waals surface area contributed by atoms with Gasteiger partial charge < -0.3 is 0 Å². The topological polar surface area (TPSA) is 3.24 Å². The summed E-state index contributed by atoms with van der Waals surface area (Å²) in [7, 11) is 0. The Hall–Kier alpha value is -0.690. The van der Waals surface area contributed by atoms with Crippen molar-refractivity contribution in [1.29, 1.82) is 0 Å². The summed E-state index contributed by atoms with van der Waals surface area (Å²) in [6, 6.07) is 9.73. The predicted octanol–water partition coefficient (Wildman–Crippen LogP) is 2.48. The van der Waals surface area contributed by atoms with Gasteiger partial charge in [0.05, 0.1) is 5.69 Å². The predicted molar refractivity (Wildman–Crippen MR) is 45.0 cm³/mol. The van der Waals surface area contributed by atoms with E-state index in [4.69, 9.17) is 11.8 Å². The molecular weight excluding hydrogens is 146 g/mol. The SMILES string of the molecule is [CH2]CN(Cl)c1ccccc1. The largest absolute Gasteiger partial charge is 0.285 e. The molecule has 1 radical (unpaired) electrons. The van der Waals surface area contributed by atoms with Gasteiger partial charge in [-0.2, -0.15) is 0 Å². The minimum atomic E-state index is 0.575. The summed E-state index contributed by atoms with van der Waals surface area (Å²) in [5, 5.41) is 0. The van der Waals surface area contributed by atoms with E-state index in [1.54, 1.807) is 4.42 Å². The molecule has 0 spiro atoms. The van der Waals surface area contributed by atoms with Crippen LogP contribution in [-0.2, 0) is 0 Å². The van der Waals surface area contributed by atoms with Gasteiger partial charge in [-0.25, -0.2) is 0 Å². The number of nitrogens with zero attached hydrogens (tertiary/aromatic N) is 1. The van der Waals surface area contributed by atoms with Gasteiger partial charge in [0, 0.05) is 18.3 Å². The molecule has 1 aromatic carbocycles. The van der Waals surface area contributed by atoms with E-state index in [1.807, 2.05) is 30.3 Å². The number of benzene rings is 1. The van der Waals surface area contributed by atoms with Gasteiger partial charge in [-0.05, 0) is 19.1 Å². The third-order valence-corrected chi connectivity index (χ3v) is 1.60. The molecule has 0 amide bonds. The summed E-state index contributed by atoms with van der Waals surface area (Å²) < 4.78 is 1.57. The maximum Gasteiger partial charge on any atom is 0.0523 e. The lowest BCUT2D eigenvalue weighted by molar-refractivity contribution is 1.19. The second kappa shape index (κ2) is 3.47. The van der Waals surface area contributed by atoms with Crippen LogP contribution < -0.4 is 4.42 Å². The first-order valence-electron chi connectivity index (χ1n) is 3.12. The fourth-order valence-electron chi connectivity index (χ4n) is 0.719. The number of halogens is 1. The van der Waals surface area contributed by atoms with E-state index < -0.39 is 0 Å². The van der Waals surface area contributed by atoms with Crippen molar-refractivity contribution in [2.45, 2.75) is 0 Å². The second-order valence-corrected chi connectivity index (χ2v) is 2.33. The van der Waals surface area contributed by atoms with Gasteiger partial charge in [0.2, 0.25) is 0 Å². The maximum absolute atomic E-state index is 5.76. The Bertz CT molecular complexity index is 186. The van der Waals surface area contributed by atoms with Crippen molar-refractivity contribution < 1.29 is 0 Å². The Kier molecular flexibility index (Phi) is 2.57. The van der Waals surface area contributed by atoms with E-state index in [0.717, 1.165) is 5.69 Å². The number of hydrogen-bond acceptors (Lipinski definition) is 1. The quantitative estimate of drug-likeness (QED) is 0.592. The van der Waals surface area contributed by atoms with Crippen LogP contribution in [0.4, 0.5) is 5.69 Å². The van der Waals surface area contributed by atoms with E-state index in [1.165, 1.54) is 0 Å². The van der Waals surface area contributed by atoms with Crippen LogP contribution in [0.25, 0.3) is 0 Å². The third-order valence-electron chi connectivity index (χ3n) is 1.23. The lowest BCUT2D eigenvalue weighted by Gasteiger charge is -2.11. The zero-order chi connectivity index (χ0) is 7.40. The van der Waals surface area contributed by atoms with Gasteiger partial charge in [-0.15, -0.1) is 0 Å². The van der Waals surface area contributed by atoms with Crippen LogP contribution >= 0.6 is 11.8 Å². The molecule has 0 aliphatic carbocycles. The Balaban J connectivity index is 2.75. The molecule has 0 atom stereocenters. The van der Waals surface area contributed by atoms with Crippen molar-refractivity contribution in [1.82, 2.24) is 0 Å². The van der Waals surface area contributed by atoms with Crippen molar-refractivity contribution in [3.63, 3.8) is 0 Å². The van der Waals surface area contributed by atoms with Crippen LogP contribution in [0.15, 0.2) is 30.3 Å². The summed E-state index contributed by atoms with van der Waals surface area (Å²) >= 11 is 5.76. The Morgan fingerprint density at radius 2 is 1.90 bits per heavy atom. The summed E-state index contributed by atoms with van der Waals surface area (Å²) in [5.41, 5.74) is 0.985. The average molecular weight is 155 g/mol. The first-order valence-corrected chi connectivity index (χ1v) is 3.46. The Morgan fingerprint density at radius 3 is 2.40 bits per heavy atom. The highest BCUT2D eigenvalue weighted by Crippen LogP contribution is 2.13. The molecule has 0 unspecified atom stereocenters. The molecule has 0 aromatic heterocycles. The first-order chi connectivity index (χ1) is 4.84. The molecule has 0 saturated heterocycles. The van der Waals surface area contributed by atoms with Gasteiger partial charge in [-0.3, -0.25) is 4.42 Å². The normalized spacial score (nSPS) is 9.40. The summed E-state index contributed by atoms with van der Waals surface area (Å²) in [6.07, 6.45) is 0. The van der Waals surface area contributed by atoms with E-state index in [-0.39, 0.29) is 0 Å². The summed E-state index contributed by atoms with van der Waals surface area (Å²) in [6.45, 7) is 4.23. The highest BCUT2D eigenvalue weighted by Gasteiger charge is 1.95. The zero-order valence-corrected chi connectivity index (χ0v) is 6.38. The number of anilines is 1. The molecule has 0 saturated carbocycles. The molecule has 1 aromatic rings. The van der Waals surface area contributed by atoms with Crippen molar-refractivity contribution in [3.8, 4) is 0 Å². The maximum atomic E-state index is 5.76. The molecule has 2 heteroatoms. The molecule has 0 aliphatic heterocycles. The molecule has 0 bridgehead atoms. The van der Waals surface area contributed by atoms with E-state index in [0.29, 0.717) is 6.54 Å². The Morgan fingerprint density at radius 1 is 1.30 bits per heavy atom. The van der Waals surface area contributed by atoms with Crippen molar-refractivity contribution >= 4 is 17.5 Å². The van der Waals surface area contributed by atoms with Crippen LogP contribution in [0.3, 0.4) is 0 Å². The summed E-state index contributed by atoms with van der Waals surface area (Å²) in [5.74, 6) is 0. The fraction of sp³-hybridized carbons (Fsp3) is 0.125. The van der Waals surface area contributed by atoms with Gasteiger partial charge in [0.15, 0.2) is 0 Å². The molecule has 53 valence electrons. The molecular formula is C8H9ClN. The zero-order valence-electron chi connectivity index (χ0n) is 5.63. The number of rotatable bonds is 2. The average Bonchev–Trinajstić information content (AvgIpc) is 2.05. The molecule has 0 fully saturated rings. The molecule has 1 rings (SSSR count). The van der Waals surface area contributed by atoms with Crippen molar-refractivity contribution in [2.24, 2.45) is 0 Å².